The summed E-state index contributed by atoms with van der Waals surface area (Å²) in [4.78, 5) is 0.213. The van der Waals surface area contributed by atoms with Gasteiger partial charge in [-0.3, -0.25) is 0 Å². The van der Waals surface area contributed by atoms with E-state index in [-0.39, 0.29) is 4.90 Å². The van der Waals surface area contributed by atoms with Crippen molar-refractivity contribution in [1.82, 2.24) is 4.31 Å². The van der Waals surface area contributed by atoms with Crippen LogP contribution >= 0.6 is 11.8 Å². The Kier molecular flexibility index (Phi) is 4.72. The molecule has 0 bridgehead atoms. The lowest BCUT2D eigenvalue weighted by molar-refractivity contribution is 0.395. The molecule has 7 heteroatoms. The van der Waals surface area contributed by atoms with Crippen molar-refractivity contribution in [2.75, 3.05) is 31.7 Å². The van der Waals surface area contributed by atoms with E-state index >= 15 is 0 Å². The third-order valence-electron chi connectivity index (χ3n) is 3.05. The molecule has 0 atom stereocenters. The standard InChI is InChI=1S/C12H18N2O3S2/c1-17-11-3-2-10(9-13)8-12(11)19(15,16)14-4-6-18-7-5-14/h2-3,8H,4-7,9,13H2,1H3. The molecule has 19 heavy (non-hydrogen) atoms. The number of methoxy groups -OCH3 is 1. The summed E-state index contributed by atoms with van der Waals surface area (Å²) in [5.74, 6) is 2.03. The zero-order valence-electron chi connectivity index (χ0n) is 10.8. The Morgan fingerprint density at radius 1 is 1.37 bits per heavy atom. The molecule has 0 unspecified atom stereocenters. The fourth-order valence-electron chi connectivity index (χ4n) is 1.98. The number of hydrogen-bond acceptors (Lipinski definition) is 5. The molecule has 0 aliphatic carbocycles. The smallest absolute Gasteiger partial charge is 0.246 e. The van der Waals surface area contributed by atoms with Gasteiger partial charge in [0.05, 0.1) is 7.11 Å². The van der Waals surface area contributed by atoms with Gasteiger partial charge in [0.15, 0.2) is 0 Å². The Hall–Kier alpha value is -0.760. The SMILES string of the molecule is COc1ccc(CN)cc1S(=O)(=O)N1CCSCC1. The van der Waals surface area contributed by atoms with E-state index < -0.39 is 10.0 Å². The van der Waals surface area contributed by atoms with Crippen molar-refractivity contribution in [2.45, 2.75) is 11.4 Å². The second-order valence-corrected chi connectivity index (χ2v) is 7.34. The van der Waals surface area contributed by atoms with Crippen LogP contribution in [0.3, 0.4) is 0 Å². The predicted molar refractivity (Wildman–Crippen MR) is 77.0 cm³/mol. The van der Waals surface area contributed by atoms with Gasteiger partial charge in [-0.15, -0.1) is 0 Å². The normalized spacial score (nSPS) is 17.4. The lowest BCUT2D eigenvalue weighted by Crippen LogP contribution is -2.38. The molecule has 1 fully saturated rings. The monoisotopic (exact) mass is 302 g/mol. The molecule has 0 aromatic heterocycles. The van der Waals surface area contributed by atoms with Gasteiger partial charge in [-0.05, 0) is 17.7 Å². The number of benzene rings is 1. The van der Waals surface area contributed by atoms with Crippen molar-refractivity contribution in [1.29, 1.82) is 0 Å². The van der Waals surface area contributed by atoms with Crippen molar-refractivity contribution >= 4 is 21.8 Å². The summed E-state index contributed by atoms with van der Waals surface area (Å²) < 4.78 is 31.9. The topological polar surface area (TPSA) is 72.6 Å². The number of nitrogens with zero attached hydrogens (tertiary/aromatic N) is 1. The summed E-state index contributed by atoms with van der Waals surface area (Å²) in [6.07, 6.45) is 0. The molecule has 0 radical (unpaired) electrons. The van der Waals surface area contributed by atoms with Gasteiger partial charge in [0.2, 0.25) is 10.0 Å². The number of nitrogens with two attached hydrogens (primary N) is 1. The average molecular weight is 302 g/mol. The highest BCUT2D eigenvalue weighted by Crippen LogP contribution is 2.29. The van der Waals surface area contributed by atoms with Gasteiger partial charge in [0.1, 0.15) is 10.6 Å². The summed E-state index contributed by atoms with van der Waals surface area (Å²) in [7, 11) is -2.02. The van der Waals surface area contributed by atoms with Crippen LogP contribution in [0.4, 0.5) is 0 Å². The molecule has 0 amide bonds. The van der Waals surface area contributed by atoms with E-state index in [1.807, 2.05) is 0 Å². The number of rotatable bonds is 4. The first-order valence-corrected chi connectivity index (χ1v) is 8.64. The molecule has 2 rings (SSSR count). The zero-order valence-corrected chi connectivity index (χ0v) is 12.5. The Morgan fingerprint density at radius 2 is 2.05 bits per heavy atom. The van der Waals surface area contributed by atoms with Crippen molar-refractivity contribution in [3.63, 3.8) is 0 Å². The Bertz CT molecular complexity index is 540. The van der Waals surface area contributed by atoms with Crippen molar-refractivity contribution < 1.29 is 13.2 Å². The van der Waals surface area contributed by atoms with Crippen molar-refractivity contribution in [2.24, 2.45) is 5.73 Å². The first kappa shape index (κ1) is 14.6. The van der Waals surface area contributed by atoms with Crippen molar-refractivity contribution in [3.05, 3.63) is 23.8 Å². The van der Waals surface area contributed by atoms with Gasteiger partial charge in [0, 0.05) is 31.1 Å². The molecular formula is C12H18N2O3S2. The van der Waals surface area contributed by atoms with Gasteiger partial charge in [-0.2, -0.15) is 16.1 Å². The predicted octanol–water partition coefficient (Wildman–Crippen LogP) is 0.891. The highest BCUT2D eigenvalue weighted by atomic mass is 32.2. The first-order valence-electron chi connectivity index (χ1n) is 6.04. The number of hydrogen-bond donors (Lipinski definition) is 1. The third kappa shape index (κ3) is 3.05. The molecule has 1 aromatic carbocycles. The Balaban J connectivity index is 2.43. The molecule has 106 valence electrons. The molecule has 0 spiro atoms. The van der Waals surface area contributed by atoms with E-state index in [9.17, 15) is 8.42 Å². The highest BCUT2D eigenvalue weighted by molar-refractivity contribution is 7.99. The summed E-state index contributed by atoms with van der Waals surface area (Å²) in [6, 6.07) is 5.05. The fraction of sp³-hybridized carbons (Fsp3) is 0.500. The fourth-order valence-corrected chi connectivity index (χ4v) is 4.76. The van der Waals surface area contributed by atoms with Crippen molar-refractivity contribution in [3.8, 4) is 5.75 Å². The van der Waals surface area contributed by atoms with E-state index in [1.54, 1.807) is 30.0 Å². The quantitative estimate of drug-likeness (QED) is 0.894. The molecule has 1 aliphatic rings. The minimum absolute atomic E-state index is 0.213. The molecular weight excluding hydrogens is 284 g/mol. The van der Waals surface area contributed by atoms with Crippen LogP contribution in [-0.2, 0) is 16.6 Å². The molecule has 1 saturated heterocycles. The van der Waals surface area contributed by atoms with Crippen LogP contribution in [0.25, 0.3) is 0 Å². The molecule has 5 nitrogen and oxygen atoms in total. The van der Waals surface area contributed by atoms with E-state index in [2.05, 4.69) is 0 Å². The summed E-state index contributed by atoms with van der Waals surface area (Å²) in [5.41, 5.74) is 6.36. The number of ether oxygens (including phenoxy) is 1. The third-order valence-corrected chi connectivity index (χ3v) is 5.91. The maximum absolute atomic E-state index is 12.6. The molecule has 2 N–H and O–H groups in total. The van der Waals surface area contributed by atoms with E-state index in [4.69, 9.17) is 10.5 Å². The largest absolute Gasteiger partial charge is 0.495 e. The van der Waals surface area contributed by atoms with Crippen LogP contribution in [-0.4, -0.2) is 44.4 Å². The van der Waals surface area contributed by atoms with Gasteiger partial charge >= 0.3 is 0 Å². The van der Waals surface area contributed by atoms with Gasteiger partial charge in [-0.25, -0.2) is 8.42 Å². The van der Waals surface area contributed by atoms with Gasteiger partial charge in [-0.1, -0.05) is 6.07 Å². The summed E-state index contributed by atoms with van der Waals surface area (Å²) >= 11 is 1.77. The number of sulfonamides is 1. The second kappa shape index (κ2) is 6.13. The van der Waals surface area contributed by atoms with E-state index in [1.165, 1.54) is 11.4 Å². The van der Waals surface area contributed by atoms with Crippen LogP contribution in [0.15, 0.2) is 23.1 Å². The molecule has 1 heterocycles. The average Bonchev–Trinajstić information content (AvgIpc) is 2.47. The maximum Gasteiger partial charge on any atom is 0.246 e. The van der Waals surface area contributed by atoms with Gasteiger partial charge < -0.3 is 10.5 Å². The highest BCUT2D eigenvalue weighted by Gasteiger charge is 2.29. The first-order chi connectivity index (χ1) is 9.09. The van der Waals surface area contributed by atoms with Crippen LogP contribution in [0.5, 0.6) is 5.75 Å². The second-order valence-electron chi connectivity index (χ2n) is 4.21. The molecule has 1 aliphatic heterocycles. The summed E-state index contributed by atoms with van der Waals surface area (Å²) in [5, 5.41) is 0. The van der Waals surface area contributed by atoms with Crippen LogP contribution in [0, 0.1) is 0 Å². The molecule has 0 saturated carbocycles. The lowest BCUT2D eigenvalue weighted by Gasteiger charge is -2.26. The van der Waals surface area contributed by atoms with E-state index in [0.29, 0.717) is 25.4 Å². The molecule has 1 aromatic rings. The minimum atomic E-state index is -3.50. The van der Waals surface area contributed by atoms with Crippen LogP contribution < -0.4 is 10.5 Å². The van der Waals surface area contributed by atoms with Crippen LogP contribution in [0.1, 0.15) is 5.56 Å². The zero-order chi connectivity index (χ0) is 13.9. The summed E-state index contributed by atoms with van der Waals surface area (Å²) in [6.45, 7) is 1.40. The maximum atomic E-state index is 12.6. The van der Waals surface area contributed by atoms with Crippen LogP contribution in [0.2, 0.25) is 0 Å². The Morgan fingerprint density at radius 3 is 2.63 bits per heavy atom. The Labute approximate surface area is 118 Å². The minimum Gasteiger partial charge on any atom is -0.495 e. The number of thioether (sulfide) groups is 1. The van der Waals surface area contributed by atoms with Gasteiger partial charge in [0.25, 0.3) is 0 Å². The lowest BCUT2D eigenvalue weighted by atomic mass is 10.2. The van der Waals surface area contributed by atoms with E-state index in [0.717, 1.165) is 17.1 Å².